The van der Waals surface area contributed by atoms with Crippen molar-refractivity contribution in [3.05, 3.63) is 0 Å². The van der Waals surface area contributed by atoms with Gasteiger partial charge in [0.05, 0.1) is 20.1 Å². The molecule has 27 heavy (non-hydrogen) atoms. The highest BCUT2D eigenvalue weighted by atomic mass is 16.5. The Kier molecular flexibility index (Phi) is 17.6. The van der Waals surface area contributed by atoms with E-state index in [4.69, 9.17) is 4.74 Å². The van der Waals surface area contributed by atoms with Gasteiger partial charge in [-0.3, -0.25) is 9.59 Å². The first-order valence-corrected chi connectivity index (χ1v) is 11.2. The molecule has 0 saturated carbocycles. The Morgan fingerprint density at radius 3 is 1.56 bits per heavy atom. The molecule has 2 unspecified atom stereocenters. The van der Waals surface area contributed by atoms with Crippen molar-refractivity contribution >= 4 is 11.9 Å². The number of esters is 2. The molecule has 2 atom stereocenters. The average molecular weight is 385 g/mol. The molecule has 4 nitrogen and oxygen atoms in total. The lowest BCUT2D eigenvalue weighted by molar-refractivity contribution is -0.147. The highest BCUT2D eigenvalue weighted by Crippen LogP contribution is 2.26. The quantitative estimate of drug-likeness (QED) is 0.201. The van der Waals surface area contributed by atoms with E-state index in [1.165, 1.54) is 72.0 Å². The lowest BCUT2D eigenvalue weighted by Gasteiger charge is -2.22. The molecule has 0 aromatic carbocycles. The van der Waals surface area contributed by atoms with E-state index >= 15 is 0 Å². The Bertz CT molecular complexity index is 367. The second-order valence-corrected chi connectivity index (χ2v) is 7.71. The van der Waals surface area contributed by atoms with Crippen LogP contribution >= 0.6 is 0 Å². The van der Waals surface area contributed by atoms with E-state index in [1.54, 1.807) is 0 Å². The minimum absolute atomic E-state index is 0.0327. The van der Waals surface area contributed by atoms with Gasteiger partial charge in [0.2, 0.25) is 0 Å². The van der Waals surface area contributed by atoms with Crippen molar-refractivity contribution in [1.29, 1.82) is 0 Å². The van der Waals surface area contributed by atoms with Crippen LogP contribution in [0.15, 0.2) is 0 Å². The molecule has 0 aromatic rings. The number of carbonyl (C=O) groups excluding carboxylic acids is 2. The van der Waals surface area contributed by atoms with Crippen LogP contribution in [0.4, 0.5) is 0 Å². The van der Waals surface area contributed by atoms with Crippen LogP contribution in [0.5, 0.6) is 0 Å². The average Bonchev–Trinajstić information content (AvgIpc) is 2.69. The van der Waals surface area contributed by atoms with Gasteiger partial charge in [0.1, 0.15) is 0 Å². The zero-order valence-corrected chi connectivity index (χ0v) is 18.4. The molecule has 0 heterocycles. The van der Waals surface area contributed by atoms with Crippen molar-refractivity contribution in [2.75, 3.05) is 14.2 Å². The monoisotopic (exact) mass is 384 g/mol. The first-order valence-electron chi connectivity index (χ1n) is 11.2. The Balaban J connectivity index is 3.50. The number of carbonyl (C=O) groups is 2. The molecule has 0 amide bonds. The van der Waals surface area contributed by atoms with Gasteiger partial charge >= 0.3 is 11.9 Å². The van der Waals surface area contributed by atoms with Gasteiger partial charge in [-0.15, -0.1) is 0 Å². The predicted octanol–water partition coefficient (Wildman–Crippen LogP) is 6.46. The molecule has 0 aliphatic heterocycles. The number of hydrogen-bond acceptors (Lipinski definition) is 4. The second-order valence-electron chi connectivity index (χ2n) is 7.71. The highest BCUT2D eigenvalue weighted by molar-refractivity contribution is 5.72. The standard InChI is InChI=1S/C23H44O4/c1-5-20(21(6-2)23(25)27-4)18-16-14-12-10-8-7-9-11-13-15-17-19-22(24)26-3/h20-21H,5-19H2,1-4H3. The molecule has 0 radical (unpaired) electrons. The van der Waals surface area contributed by atoms with Crippen molar-refractivity contribution in [2.45, 2.75) is 110 Å². The summed E-state index contributed by atoms with van der Waals surface area (Å²) in [6, 6.07) is 0. The van der Waals surface area contributed by atoms with Crippen molar-refractivity contribution in [1.82, 2.24) is 0 Å². The third-order valence-corrected chi connectivity index (χ3v) is 5.72. The minimum Gasteiger partial charge on any atom is -0.469 e. The molecule has 0 N–H and O–H groups in total. The summed E-state index contributed by atoms with van der Waals surface area (Å²) in [6.07, 6.45) is 17.4. The zero-order chi connectivity index (χ0) is 20.3. The summed E-state index contributed by atoms with van der Waals surface area (Å²) in [4.78, 5) is 22.9. The first-order chi connectivity index (χ1) is 13.1. The van der Waals surface area contributed by atoms with E-state index < -0.39 is 0 Å². The fourth-order valence-electron chi connectivity index (χ4n) is 3.90. The van der Waals surface area contributed by atoms with E-state index in [0.717, 1.165) is 32.1 Å². The van der Waals surface area contributed by atoms with Gasteiger partial charge in [0, 0.05) is 6.42 Å². The first kappa shape index (κ1) is 25.9. The summed E-state index contributed by atoms with van der Waals surface area (Å²) in [5.74, 6) is 0.430. The second kappa shape index (κ2) is 18.3. The summed E-state index contributed by atoms with van der Waals surface area (Å²) in [6.45, 7) is 4.27. The summed E-state index contributed by atoms with van der Waals surface area (Å²) in [5.41, 5.74) is 0. The van der Waals surface area contributed by atoms with Gasteiger partial charge < -0.3 is 9.47 Å². The lowest BCUT2D eigenvalue weighted by atomic mass is 9.84. The third-order valence-electron chi connectivity index (χ3n) is 5.72. The fraction of sp³-hybridized carbons (Fsp3) is 0.913. The van der Waals surface area contributed by atoms with Crippen LogP contribution in [0.2, 0.25) is 0 Å². The van der Waals surface area contributed by atoms with Gasteiger partial charge in [-0.2, -0.15) is 0 Å². The van der Waals surface area contributed by atoms with Crippen LogP contribution in [-0.2, 0) is 19.1 Å². The van der Waals surface area contributed by atoms with Crippen molar-refractivity contribution in [3.63, 3.8) is 0 Å². The molecule has 0 aliphatic rings. The molecule has 0 spiro atoms. The van der Waals surface area contributed by atoms with Crippen LogP contribution < -0.4 is 0 Å². The Morgan fingerprint density at radius 1 is 0.667 bits per heavy atom. The molecular formula is C23H44O4. The lowest BCUT2D eigenvalue weighted by Crippen LogP contribution is -2.24. The highest BCUT2D eigenvalue weighted by Gasteiger charge is 2.25. The van der Waals surface area contributed by atoms with Crippen LogP contribution in [-0.4, -0.2) is 26.2 Å². The Labute approximate surface area is 167 Å². The molecule has 0 aliphatic carbocycles. The van der Waals surface area contributed by atoms with E-state index in [0.29, 0.717) is 12.3 Å². The molecule has 0 rings (SSSR count). The smallest absolute Gasteiger partial charge is 0.308 e. The maximum absolute atomic E-state index is 11.9. The van der Waals surface area contributed by atoms with Crippen LogP contribution in [0.1, 0.15) is 110 Å². The van der Waals surface area contributed by atoms with Gasteiger partial charge in [0.25, 0.3) is 0 Å². The maximum Gasteiger partial charge on any atom is 0.308 e. The van der Waals surface area contributed by atoms with Crippen molar-refractivity contribution < 1.29 is 19.1 Å². The third kappa shape index (κ3) is 13.7. The zero-order valence-electron chi connectivity index (χ0n) is 18.4. The number of methoxy groups -OCH3 is 2. The summed E-state index contributed by atoms with van der Waals surface area (Å²) in [5, 5.41) is 0. The van der Waals surface area contributed by atoms with Crippen molar-refractivity contribution in [2.24, 2.45) is 11.8 Å². The maximum atomic E-state index is 11.9. The van der Waals surface area contributed by atoms with E-state index in [-0.39, 0.29) is 17.9 Å². The largest absolute Gasteiger partial charge is 0.469 e. The van der Waals surface area contributed by atoms with Gasteiger partial charge in [-0.1, -0.05) is 84.5 Å². The van der Waals surface area contributed by atoms with Crippen LogP contribution in [0.25, 0.3) is 0 Å². The molecule has 0 saturated heterocycles. The van der Waals surface area contributed by atoms with Gasteiger partial charge in [0.15, 0.2) is 0 Å². The summed E-state index contributed by atoms with van der Waals surface area (Å²) >= 11 is 0. The summed E-state index contributed by atoms with van der Waals surface area (Å²) < 4.78 is 9.60. The summed E-state index contributed by atoms with van der Waals surface area (Å²) in [7, 11) is 2.95. The molecule has 160 valence electrons. The van der Waals surface area contributed by atoms with Gasteiger partial charge in [-0.25, -0.2) is 0 Å². The number of ether oxygens (including phenoxy) is 2. The van der Waals surface area contributed by atoms with E-state index in [2.05, 4.69) is 18.6 Å². The molecule has 0 aromatic heterocycles. The van der Waals surface area contributed by atoms with Crippen LogP contribution in [0, 0.1) is 11.8 Å². The Morgan fingerprint density at radius 2 is 1.15 bits per heavy atom. The molecule has 0 fully saturated rings. The molecular weight excluding hydrogens is 340 g/mol. The number of hydrogen-bond donors (Lipinski definition) is 0. The normalized spacial score (nSPS) is 13.2. The molecule has 0 bridgehead atoms. The van der Waals surface area contributed by atoms with Gasteiger partial charge in [-0.05, 0) is 25.2 Å². The minimum atomic E-state index is -0.0873. The fourth-order valence-corrected chi connectivity index (χ4v) is 3.90. The predicted molar refractivity (Wildman–Crippen MR) is 112 cm³/mol. The topological polar surface area (TPSA) is 52.6 Å². The van der Waals surface area contributed by atoms with E-state index in [1.807, 2.05) is 0 Å². The molecule has 4 heteroatoms. The van der Waals surface area contributed by atoms with Crippen LogP contribution in [0.3, 0.4) is 0 Å². The Hall–Kier alpha value is -1.06. The number of unbranched alkanes of at least 4 members (excludes halogenated alkanes) is 10. The van der Waals surface area contributed by atoms with Crippen molar-refractivity contribution in [3.8, 4) is 0 Å². The number of rotatable bonds is 18. The van der Waals surface area contributed by atoms with E-state index in [9.17, 15) is 9.59 Å². The SMILES string of the molecule is CCC(CCCCCCCCCCCCCC(=O)OC)C(CC)C(=O)OC.